The molecule has 190 valence electrons. The summed E-state index contributed by atoms with van der Waals surface area (Å²) in [5.74, 6) is -0.527. The minimum Gasteiger partial charge on any atom is -0.493 e. The zero-order valence-electron chi connectivity index (χ0n) is 21.2. The number of benzene rings is 2. The molecule has 0 bridgehead atoms. The molecule has 0 radical (unpaired) electrons. The molecule has 2 aromatic heterocycles. The van der Waals surface area contributed by atoms with Crippen molar-refractivity contribution in [2.75, 3.05) is 14.2 Å². The average Bonchev–Trinajstić information content (AvgIpc) is 3.18. The molecule has 0 aliphatic carbocycles. The second kappa shape index (κ2) is 9.93. The molecule has 0 aliphatic rings. The van der Waals surface area contributed by atoms with Gasteiger partial charge in [0.2, 0.25) is 0 Å². The smallest absolute Gasteiger partial charge is 0.332 e. The van der Waals surface area contributed by atoms with Crippen molar-refractivity contribution < 1.29 is 19.4 Å². The molecule has 9 nitrogen and oxygen atoms in total. The van der Waals surface area contributed by atoms with Gasteiger partial charge in [-0.15, -0.1) is 0 Å². The van der Waals surface area contributed by atoms with Gasteiger partial charge in [0.1, 0.15) is 6.04 Å². The van der Waals surface area contributed by atoms with Gasteiger partial charge in [-0.2, -0.15) is 0 Å². The van der Waals surface area contributed by atoms with Crippen LogP contribution < -0.4 is 20.7 Å². The zero-order valence-corrected chi connectivity index (χ0v) is 21.2. The van der Waals surface area contributed by atoms with Gasteiger partial charge in [0.25, 0.3) is 5.56 Å². The number of aryl methyl sites for hydroxylation is 2. The second-order valence-corrected chi connectivity index (χ2v) is 9.00. The minimum atomic E-state index is -1.28. The molecule has 1 atom stereocenters. The maximum atomic E-state index is 13.9. The first-order valence-electron chi connectivity index (χ1n) is 11.9. The van der Waals surface area contributed by atoms with E-state index in [1.807, 2.05) is 49.9 Å². The standard InChI is InChI=1S/C27H31N3O6/c1-6-7-10-20(26(32)33)30-25(31)18-12-22(35-4)23(36-5)13-21(18)29(27(30)34)15-17-14-28(3)19-11-8-9-16(2)24(17)19/h8-9,11-14,20H,6-7,10,15H2,1-5H3,(H,32,33)/t20-/m0/s1. The molecular weight excluding hydrogens is 462 g/mol. The van der Waals surface area contributed by atoms with Crippen molar-refractivity contribution in [3.8, 4) is 11.5 Å². The number of nitrogens with zero attached hydrogens (tertiary/aromatic N) is 3. The monoisotopic (exact) mass is 493 g/mol. The molecule has 2 heterocycles. The Morgan fingerprint density at radius 3 is 2.42 bits per heavy atom. The van der Waals surface area contributed by atoms with E-state index in [1.54, 1.807) is 6.07 Å². The molecule has 4 aromatic rings. The highest BCUT2D eigenvalue weighted by molar-refractivity contribution is 5.88. The van der Waals surface area contributed by atoms with E-state index < -0.39 is 23.3 Å². The van der Waals surface area contributed by atoms with Crippen molar-refractivity contribution in [2.24, 2.45) is 7.05 Å². The summed E-state index contributed by atoms with van der Waals surface area (Å²) in [5, 5.41) is 11.2. The number of fused-ring (bicyclic) bond motifs is 2. The number of carboxylic acids is 1. The fourth-order valence-corrected chi connectivity index (χ4v) is 4.92. The molecule has 0 aliphatic heterocycles. The van der Waals surface area contributed by atoms with Gasteiger partial charge < -0.3 is 19.1 Å². The summed E-state index contributed by atoms with van der Waals surface area (Å²) in [6, 6.07) is 7.82. The van der Waals surface area contributed by atoms with Crippen molar-refractivity contribution in [3.63, 3.8) is 0 Å². The third kappa shape index (κ3) is 4.14. The molecule has 2 aromatic carbocycles. The topological polar surface area (TPSA) is 105 Å². The number of unbranched alkanes of at least 4 members (excludes halogenated alkanes) is 1. The van der Waals surface area contributed by atoms with Crippen LogP contribution in [0.2, 0.25) is 0 Å². The van der Waals surface area contributed by atoms with Crippen LogP contribution >= 0.6 is 0 Å². The van der Waals surface area contributed by atoms with E-state index in [-0.39, 0.29) is 18.4 Å². The fourth-order valence-electron chi connectivity index (χ4n) is 4.92. The maximum absolute atomic E-state index is 13.9. The number of hydrogen-bond acceptors (Lipinski definition) is 5. The Balaban J connectivity index is 2.08. The van der Waals surface area contributed by atoms with Gasteiger partial charge in [-0.3, -0.25) is 9.36 Å². The van der Waals surface area contributed by atoms with Crippen LogP contribution in [0.3, 0.4) is 0 Å². The van der Waals surface area contributed by atoms with Gasteiger partial charge in [0, 0.05) is 30.2 Å². The molecule has 0 fully saturated rings. The predicted molar refractivity (Wildman–Crippen MR) is 139 cm³/mol. The largest absolute Gasteiger partial charge is 0.493 e. The Hall–Kier alpha value is -4.01. The summed E-state index contributed by atoms with van der Waals surface area (Å²) in [5.41, 5.74) is 1.97. The quantitative estimate of drug-likeness (QED) is 0.380. The lowest BCUT2D eigenvalue weighted by molar-refractivity contribution is -0.141. The van der Waals surface area contributed by atoms with Gasteiger partial charge in [-0.05, 0) is 36.6 Å². The van der Waals surface area contributed by atoms with Crippen LogP contribution in [0.25, 0.3) is 21.8 Å². The van der Waals surface area contributed by atoms with Crippen LogP contribution in [0.15, 0.2) is 46.1 Å². The SMILES string of the molecule is CCCC[C@@H](C(=O)O)n1c(=O)c2cc(OC)c(OC)cc2n(Cc2cn(C)c3cccc(C)c23)c1=O. The Morgan fingerprint density at radius 1 is 1.08 bits per heavy atom. The van der Waals surface area contributed by atoms with Crippen molar-refractivity contribution in [3.05, 3.63) is 68.5 Å². The summed E-state index contributed by atoms with van der Waals surface area (Å²) in [6.07, 6.45) is 3.43. The summed E-state index contributed by atoms with van der Waals surface area (Å²) >= 11 is 0. The molecule has 1 N–H and O–H groups in total. The van der Waals surface area contributed by atoms with E-state index in [9.17, 15) is 19.5 Å². The third-order valence-electron chi connectivity index (χ3n) is 6.74. The summed E-state index contributed by atoms with van der Waals surface area (Å²) in [4.78, 5) is 39.7. The van der Waals surface area contributed by atoms with Crippen LogP contribution in [0.5, 0.6) is 11.5 Å². The molecule has 9 heteroatoms. The van der Waals surface area contributed by atoms with E-state index in [1.165, 1.54) is 24.9 Å². The van der Waals surface area contributed by atoms with Gasteiger partial charge in [-0.1, -0.05) is 31.9 Å². The van der Waals surface area contributed by atoms with Crippen LogP contribution in [-0.4, -0.2) is 39.0 Å². The van der Waals surface area contributed by atoms with E-state index in [4.69, 9.17) is 9.47 Å². The Morgan fingerprint density at radius 2 is 1.78 bits per heavy atom. The van der Waals surface area contributed by atoms with Crippen molar-refractivity contribution in [1.82, 2.24) is 13.7 Å². The fraction of sp³-hybridized carbons (Fsp3) is 0.370. The Kier molecular flexibility index (Phi) is 6.92. The molecule has 0 spiro atoms. The lowest BCUT2D eigenvalue weighted by atomic mass is 10.1. The maximum Gasteiger partial charge on any atom is 0.332 e. The number of methoxy groups -OCH3 is 2. The second-order valence-electron chi connectivity index (χ2n) is 9.00. The highest BCUT2D eigenvalue weighted by Crippen LogP contribution is 2.32. The first-order chi connectivity index (χ1) is 17.2. The first-order valence-corrected chi connectivity index (χ1v) is 11.9. The molecule has 0 amide bonds. The van der Waals surface area contributed by atoms with E-state index >= 15 is 0 Å². The van der Waals surface area contributed by atoms with Gasteiger partial charge >= 0.3 is 11.7 Å². The lowest BCUT2D eigenvalue weighted by Crippen LogP contribution is -2.44. The number of aliphatic carboxylic acids is 1. The zero-order chi connectivity index (χ0) is 26.1. The van der Waals surface area contributed by atoms with Crippen molar-refractivity contribution in [1.29, 1.82) is 0 Å². The summed E-state index contributed by atoms with van der Waals surface area (Å²) in [7, 11) is 4.87. The normalized spacial score (nSPS) is 12.2. The molecule has 0 saturated carbocycles. The molecular formula is C27H31N3O6. The molecule has 36 heavy (non-hydrogen) atoms. The number of hydrogen-bond donors (Lipinski definition) is 1. The van der Waals surface area contributed by atoms with Crippen molar-refractivity contribution >= 4 is 27.8 Å². The third-order valence-corrected chi connectivity index (χ3v) is 6.74. The Bertz CT molecular complexity index is 1580. The van der Waals surface area contributed by atoms with E-state index in [2.05, 4.69) is 0 Å². The van der Waals surface area contributed by atoms with E-state index in [0.717, 1.165) is 33.0 Å². The first kappa shape index (κ1) is 25.1. The molecule has 0 saturated heterocycles. The highest BCUT2D eigenvalue weighted by atomic mass is 16.5. The van der Waals surface area contributed by atoms with Crippen LogP contribution in [0.4, 0.5) is 0 Å². The molecule has 0 unspecified atom stereocenters. The molecule has 4 rings (SSSR count). The number of carboxylic acid groups (broad SMARTS) is 1. The number of ether oxygens (including phenoxy) is 2. The van der Waals surface area contributed by atoms with Crippen molar-refractivity contribution in [2.45, 2.75) is 45.7 Å². The minimum absolute atomic E-state index is 0.146. The average molecular weight is 494 g/mol. The van der Waals surface area contributed by atoms with Gasteiger partial charge in [0.15, 0.2) is 11.5 Å². The van der Waals surface area contributed by atoms with Crippen LogP contribution in [0, 0.1) is 6.92 Å². The van der Waals surface area contributed by atoms with Gasteiger partial charge in [0.05, 0.1) is 31.7 Å². The summed E-state index contributed by atoms with van der Waals surface area (Å²) in [6.45, 7) is 4.08. The van der Waals surface area contributed by atoms with Crippen LogP contribution in [0.1, 0.15) is 43.4 Å². The van der Waals surface area contributed by atoms with Crippen LogP contribution in [-0.2, 0) is 18.4 Å². The summed E-state index contributed by atoms with van der Waals surface area (Å²) < 4.78 is 15.2. The number of rotatable bonds is 9. The lowest BCUT2D eigenvalue weighted by Gasteiger charge is -2.20. The Labute approximate surface area is 208 Å². The highest BCUT2D eigenvalue weighted by Gasteiger charge is 2.27. The predicted octanol–water partition coefficient (Wildman–Crippen LogP) is 3.84. The van der Waals surface area contributed by atoms with E-state index in [0.29, 0.717) is 23.4 Å². The number of carbonyl (C=O) groups is 1. The van der Waals surface area contributed by atoms with Gasteiger partial charge in [-0.25, -0.2) is 14.2 Å². The number of aromatic nitrogens is 3.